The van der Waals surface area contributed by atoms with Gasteiger partial charge in [-0.2, -0.15) is 0 Å². The average molecular weight is 462 g/mol. The SMILES string of the molecule is CCc1cccc(C)c1-n1c(C)cc([C@@H]2[C@@H](c3ccccn3)NC(=S)N2CCN(C)C)c1C. The number of pyridine rings is 1. The molecule has 2 atom stereocenters. The van der Waals surface area contributed by atoms with Crippen LogP contribution in [0.15, 0.2) is 48.7 Å². The molecule has 33 heavy (non-hydrogen) atoms. The van der Waals surface area contributed by atoms with Crippen LogP contribution in [-0.4, -0.2) is 51.6 Å². The van der Waals surface area contributed by atoms with Crippen molar-refractivity contribution in [3.05, 3.63) is 82.4 Å². The van der Waals surface area contributed by atoms with Crippen molar-refractivity contribution in [1.29, 1.82) is 0 Å². The van der Waals surface area contributed by atoms with Crippen LogP contribution in [0.1, 0.15) is 52.8 Å². The zero-order valence-electron chi connectivity index (χ0n) is 20.6. The molecular formula is C27H35N5S. The lowest BCUT2D eigenvalue weighted by atomic mass is 9.96. The van der Waals surface area contributed by atoms with E-state index in [0.717, 1.165) is 30.3 Å². The lowest BCUT2D eigenvalue weighted by molar-refractivity contribution is 0.277. The largest absolute Gasteiger partial charge is 0.352 e. The summed E-state index contributed by atoms with van der Waals surface area (Å²) in [4.78, 5) is 9.25. The monoisotopic (exact) mass is 461 g/mol. The van der Waals surface area contributed by atoms with E-state index in [0.29, 0.717) is 0 Å². The van der Waals surface area contributed by atoms with E-state index >= 15 is 0 Å². The molecule has 0 spiro atoms. The van der Waals surface area contributed by atoms with Crippen molar-refractivity contribution in [2.75, 3.05) is 27.2 Å². The zero-order chi connectivity index (χ0) is 23.7. The Labute approximate surface area is 203 Å². The summed E-state index contributed by atoms with van der Waals surface area (Å²) in [6.07, 6.45) is 2.87. The van der Waals surface area contributed by atoms with Gasteiger partial charge in [0.1, 0.15) is 0 Å². The molecular weight excluding hydrogens is 426 g/mol. The van der Waals surface area contributed by atoms with E-state index in [1.807, 2.05) is 12.3 Å². The molecule has 174 valence electrons. The number of hydrogen-bond acceptors (Lipinski definition) is 3. The smallest absolute Gasteiger partial charge is 0.170 e. The maximum absolute atomic E-state index is 5.85. The summed E-state index contributed by atoms with van der Waals surface area (Å²) in [7, 11) is 4.21. The van der Waals surface area contributed by atoms with E-state index < -0.39 is 0 Å². The number of benzene rings is 1. The molecule has 6 heteroatoms. The minimum absolute atomic E-state index is 0.0114. The molecule has 0 aliphatic carbocycles. The third-order valence-corrected chi connectivity index (χ3v) is 7.05. The third-order valence-electron chi connectivity index (χ3n) is 6.70. The summed E-state index contributed by atoms with van der Waals surface area (Å²) >= 11 is 5.85. The first kappa shape index (κ1) is 23.5. The van der Waals surface area contributed by atoms with Crippen LogP contribution in [0.25, 0.3) is 5.69 Å². The first-order chi connectivity index (χ1) is 15.8. The van der Waals surface area contributed by atoms with Crippen LogP contribution in [0.5, 0.6) is 0 Å². The molecule has 1 aromatic carbocycles. The minimum Gasteiger partial charge on any atom is -0.352 e. The maximum Gasteiger partial charge on any atom is 0.170 e. The normalized spacial score (nSPS) is 18.3. The van der Waals surface area contributed by atoms with E-state index in [1.54, 1.807) is 0 Å². The predicted octanol–water partition coefficient (Wildman–Crippen LogP) is 4.89. The number of thiocarbonyl (C=S) groups is 1. The Morgan fingerprint density at radius 3 is 2.55 bits per heavy atom. The fourth-order valence-corrected chi connectivity index (χ4v) is 5.38. The molecule has 3 aromatic rings. The number of rotatable bonds is 7. The van der Waals surface area contributed by atoms with Gasteiger partial charge >= 0.3 is 0 Å². The first-order valence-electron chi connectivity index (χ1n) is 11.7. The van der Waals surface area contributed by atoms with E-state index in [9.17, 15) is 0 Å². The van der Waals surface area contributed by atoms with E-state index in [1.165, 1.54) is 33.8 Å². The van der Waals surface area contributed by atoms with Gasteiger partial charge < -0.3 is 19.7 Å². The molecule has 1 fully saturated rings. The molecule has 1 aliphatic heterocycles. The Morgan fingerprint density at radius 2 is 1.88 bits per heavy atom. The van der Waals surface area contributed by atoms with Gasteiger partial charge in [-0.1, -0.05) is 31.2 Å². The summed E-state index contributed by atoms with van der Waals surface area (Å²) in [5.41, 5.74) is 8.82. The van der Waals surface area contributed by atoms with Crippen LogP contribution in [0.4, 0.5) is 0 Å². The molecule has 2 aromatic heterocycles. The van der Waals surface area contributed by atoms with E-state index in [2.05, 4.69) is 97.9 Å². The van der Waals surface area contributed by atoms with Crippen LogP contribution in [0, 0.1) is 20.8 Å². The van der Waals surface area contributed by atoms with Crippen LogP contribution in [0.2, 0.25) is 0 Å². The van der Waals surface area contributed by atoms with E-state index in [-0.39, 0.29) is 12.1 Å². The zero-order valence-corrected chi connectivity index (χ0v) is 21.4. The standard InChI is InChI=1S/C27H35N5S/c1-7-21-12-10-11-18(2)25(21)32-19(3)17-22(20(32)4)26-24(23-13-8-9-14-28-23)29-27(33)31(26)16-15-30(5)6/h8-14,17,24,26H,7,15-16H2,1-6H3,(H,29,33)/t24-,26-/m1/s1. The highest BCUT2D eigenvalue weighted by molar-refractivity contribution is 7.80. The number of aromatic nitrogens is 2. The Hall–Kier alpha value is -2.70. The second kappa shape index (κ2) is 9.65. The fraction of sp³-hybridized carbons (Fsp3) is 0.407. The molecule has 1 saturated heterocycles. The summed E-state index contributed by atoms with van der Waals surface area (Å²) in [5, 5.41) is 4.39. The number of nitrogens with zero attached hydrogens (tertiary/aromatic N) is 4. The molecule has 0 radical (unpaired) electrons. The molecule has 4 rings (SSSR count). The second-order valence-corrected chi connectivity index (χ2v) is 9.61. The van der Waals surface area contributed by atoms with Gasteiger partial charge in [0.25, 0.3) is 0 Å². The van der Waals surface area contributed by atoms with Crippen LogP contribution in [-0.2, 0) is 6.42 Å². The van der Waals surface area contributed by atoms with E-state index in [4.69, 9.17) is 17.2 Å². The lowest BCUT2D eigenvalue weighted by Crippen LogP contribution is -2.35. The second-order valence-electron chi connectivity index (χ2n) is 9.22. The molecule has 1 N–H and O–H groups in total. The highest BCUT2D eigenvalue weighted by Gasteiger charge is 2.41. The van der Waals surface area contributed by atoms with Crippen LogP contribution < -0.4 is 5.32 Å². The minimum atomic E-state index is 0.0114. The average Bonchev–Trinajstić information content (AvgIpc) is 3.27. The molecule has 0 amide bonds. The third kappa shape index (κ3) is 4.42. The van der Waals surface area contributed by atoms with Crippen molar-refractivity contribution in [3.8, 4) is 5.69 Å². The number of likely N-dealkylation sites (N-methyl/N-ethyl adjacent to an activating group) is 1. The molecule has 3 heterocycles. The Bertz CT molecular complexity index is 1130. The summed E-state index contributed by atoms with van der Waals surface area (Å²) in [6.45, 7) is 10.7. The number of hydrogen-bond donors (Lipinski definition) is 1. The van der Waals surface area contributed by atoms with Gasteiger partial charge in [-0.15, -0.1) is 0 Å². The maximum atomic E-state index is 5.85. The van der Waals surface area contributed by atoms with Gasteiger partial charge in [-0.25, -0.2) is 0 Å². The number of aryl methyl sites for hydroxylation is 3. The van der Waals surface area contributed by atoms with Gasteiger partial charge in [0, 0.05) is 30.7 Å². The summed E-state index contributed by atoms with van der Waals surface area (Å²) < 4.78 is 2.43. The highest BCUT2D eigenvalue weighted by atomic mass is 32.1. The Balaban J connectivity index is 1.85. The summed E-state index contributed by atoms with van der Waals surface area (Å²) in [5.74, 6) is 0. The van der Waals surface area contributed by atoms with Crippen LogP contribution in [0.3, 0.4) is 0 Å². The van der Waals surface area contributed by atoms with Crippen molar-refractivity contribution in [1.82, 2.24) is 24.7 Å². The number of para-hydroxylation sites is 1. The van der Waals surface area contributed by atoms with Gasteiger partial charge in [0.15, 0.2) is 5.11 Å². The number of nitrogens with one attached hydrogen (secondary N) is 1. The van der Waals surface area contributed by atoms with Crippen molar-refractivity contribution < 1.29 is 0 Å². The van der Waals surface area contributed by atoms with Crippen LogP contribution >= 0.6 is 12.2 Å². The van der Waals surface area contributed by atoms with Crippen molar-refractivity contribution in [2.45, 2.75) is 46.2 Å². The van der Waals surface area contributed by atoms with Crippen molar-refractivity contribution in [3.63, 3.8) is 0 Å². The highest BCUT2D eigenvalue weighted by Crippen LogP contribution is 2.41. The van der Waals surface area contributed by atoms with Crippen molar-refractivity contribution in [2.24, 2.45) is 0 Å². The quantitative estimate of drug-likeness (QED) is 0.507. The molecule has 0 unspecified atom stereocenters. The Kier molecular flexibility index (Phi) is 6.86. The molecule has 1 aliphatic rings. The predicted molar refractivity (Wildman–Crippen MR) is 140 cm³/mol. The Morgan fingerprint density at radius 1 is 1.09 bits per heavy atom. The fourth-order valence-electron chi connectivity index (χ4n) is 5.05. The molecule has 0 bridgehead atoms. The van der Waals surface area contributed by atoms with Gasteiger partial charge in [0.05, 0.1) is 23.5 Å². The molecule has 0 saturated carbocycles. The topological polar surface area (TPSA) is 36.3 Å². The lowest BCUT2D eigenvalue weighted by Gasteiger charge is -2.29. The van der Waals surface area contributed by atoms with Gasteiger partial charge in [-0.3, -0.25) is 4.98 Å². The van der Waals surface area contributed by atoms with Gasteiger partial charge in [0.2, 0.25) is 0 Å². The van der Waals surface area contributed by atoms with Gasteiger partial charge in [-0.05, 0) is 88.4 Å². The summed E-state index contributed by atoms with van der Waals surface area (Å²) in [6, 6.07) is 15.2. The van der Waals surface area contributed by atoms with Crippen molar-refractivity contribution >= 4 is 17.3 Å². The first-order valence-corrected chi connectivity index (χ1v) is 12.1. The molecule has 5 nitrogen and oxygen atoms in total.